The van der Waals surface area contributed by atoms with Gasteiger partial charge in [0.25, 0.3) is 0 Å². The third kappa shape index (κ3) is 3.38. The third-order valence-corrected chi connectivity index (χ3v) is 4.41. The predicted octanol–water partition coefficient (Wildman–Crippen LogP) is 4.66. The Kier molecular flexibility index (Phi) is 4.64. The van der Waals surface area contributed by atoms with E-state index in [1.165, 1.54) is 12.3 Å². The van der Waals surface area contributed by atoms with Gasteiger partial charge in [0.2, 0.25) is 6.10 Å². The fourth-order valence-electron chi connectivity index (χ4n) is 3.02. The number of hydrogen-bond donors (Lipinski definition) is 1. The van der Waals surface area contributed by atoms with Gasteiger partial charge in [-0.1, -0.05) is 60.7 Å². The fourth-order valence-corrected chi connectivity index (χ4v) is 3.02. The van der Waals surface area contributed by atoms with Crippen LogP contribution in [0.4, 0.5) is 0 Å². The fraction of sp³-hybridized carbons (Fsp3) is 0.0435. The number of rotatable bonds is 5. The monoisotopic (exact) mass is 372 g/mol. The molecule has 5 nitrogen and oxygen atoms in total. The van der Waals surface area contributed by atoms with E-state index in [1.807, 2.05) is 30.3 Å². The van der Waals surface area contributed by atoms with Crippen LogP contribution in [-0.4, -0.2) is 11.1 Å². The van der Waals surface area contributed by atoms with Gasteiger partial charge in [-0.15, -0.1) is 0 Å². The molecule has 1 heterocycles. The molecule has 28 heavy (non-hydrogen) atoms. The first-order chi connectivity index (χ1) is 13.6. The molecule has 4 aromatic rings. The van der Waals surface area contributed by atoms with Gasteiger partial charge in [0, 0.05) is 11.6 Å². The van der Waals surface area contributed by atoms with E-state index in [0.29, 0.717) is 27.8 Å². The molecule has 0 bridgehead atoms. The van der Waals surface area contributed by atoms with Gasteiger partial charge in [-0.05, 0) is 17.7 Å². The standard InChI is InChI=1S/C23H16O5/c24-21-18-12-11-17(28-22(23(25)26)16-9-5-2-6-10-16)13-20(18)27-14-19(21)15-7-3-1-4-8-15/h1-14,22H,(H,25,26). The summed E-state index contributed by atoms with van der Waals surface area (Å²) in [4.78, 5) is 24.4. The van der Waals surface area contributed by atoms with Crippen molar-refractivity contribution in [1.82, 2.24) is 0 Å². The molecule has 0 saturated heterocycles. The molecular weight excluding hydrogens is 356 g/mol. The van der Waals surface area contributed by atoms with Gasteiger partial charge in [0.15, 0.2) is 5.43 Å². The average Bonchev–Trinajstić information content (AvgIpc) is 2.73. The second kappa shape index (κ2) is 7.40. The van der Waals surface area contributed by atoms with Crippen molar-refractivity contribution in [3.63, 3.8) is 0 Å². The molecule has 0 aliphatic rings. The first-order valence-corrected chi connectivity index (χ1v) is 8.69. The lowest BCUT2D eigenvalue weighted by atomic mass is 10.1. The topological polar surface area (TPSA) is 76.7 Å². The Hall–Kier alpha value is -3.86. The highest BCUT2D eigenvalue weighted by Crippen LogP contribution is 2.27. The highest BCUT2D eigenvalue weighted by molar-refractivity contribution is 5.83. The third-order valence-electron chi connectivity index (χ3n) is 4.41. The SMILES string of the molecule is O=C(O)C(Oc1ccc2c(=O)c(-c3ccccc3)coc2c1)c1ccccc1. The maximum absolute atomic E-state index is 12.8. The number of fused-ring (bicyclic) bond motifs is 1. The van der Waals surface area contributed by atoms with Gasteiger partial charge in [0.1, 0.15) is 17.6 Å². The van der Waals surface area contributed by atoms with E-state index in [9.17, 15) is 14.7 Å². The van der Waals surface area contributed by atoms with Gasteiger partial charge in [0.05, 0.1) is 10.9 Å². The molecule has 0 saturated carbocycles. The molecule has 138 valence electrons. The second-order valence-electron chi connectivity index (χ2n) is 6.25. The van der Waals surface area contributed by atoms with Crippen LogP contribution in [0.25, 0.3) is 22.1 Å². The van der Waals surface area contributed by atoms with Crippen LogP contribution in [0.1, 0.15) is 11.7 Å². The minimum Gasteiger partial charge on any atom is -0.478 e. The lowest BCUT2D eigenvalue weighted by Gasteiger charge is -2.15. The number of carboxylic acids is 1. The number of benzene rings is 3. The summed E-state index contributed by atoms with van der Waals surface area (Å²) in [6, 6.07) is 22.6. The van der Waals surface area contributed by atoms with E-state index in [4.69, 9.17) is 9.15 Å². The van der Waals surface area contributed by atoms with Crippen LogP contribution in [0, 0.1) is 0 Å². The smallest absolute Gasteiger partial charge is 0.349 e. The van der Waals surface area contributed by atoms with E-state index in [0.717, 1.165) is 5.56 Å². The van der Waals surface area contributed by atoms with Crippen molar-refractivity contribution in [3.8, 4) is 16.9 Å². The molecule has 5 heteroatoms. The molecule has 4 rings (SSSR count). The Morgan fingerprint density at radius 3 is 2.29 bits per heavy atom. The zero-order valence-electron chi connectivity index (χ0n) is 14.7. The highest BCUT2D eigenvalue weighted by Gasteiger charge is 2.22. The van der Waals surface area contributed by atoms with E-state index in [-0.39, 0.29) is 5.43 Å². The van der Waals surface area contributed by atoms with Crippen LogP contribution < -0.4 is 10.2 Å². The summed E-state index contributed by atoms with van der Waals surface area (Å²) < 4.78 is 11.3. The Labute approximate surface area is 160 Å². The maximum Gasteiger partial charge on any atom is 0.349 e. The summed E-state index contributed by atoms with van der Waals surface area (Å²) in [7, 11) is 0. The van der Waals surface area contributed by atoms with Crippen LogP contribution >= 0.6 is 0 Å². The summed E-state index contributed by atoms with van der Waals surface area (Å²) >= 11 is 0. The predicted molar refractivity (Wildman–Crippen MR) is 105 cm³/mol. The first-order valence-electron chi connectivity index (χ1n) is 8.69. The highest BCUT2D eigenvalue weighted by atomic mass is 16.5. The molecule has 0 aliphatic heterocycles. The van der Waals surface area contributed by atoms with Crippen molar-refractivity contribution in [2.24, 2.45) is 0 Å². The van der Waals surface area contributed by atoms with Gasteiger partial charge in [-0.3, -0.25) is 4.79 Å². The Morgan fingerprint density at radius 1 is 0.929 bits per heavy atom. The summed E-state index contributed by atoms with van der Waals surface area (Å²) in [6.07, 6.45) is 0.254. The van der Waals surface area contributed by atoms with Crippen molar-refractivity contribution in [2.75, 3.05) is 0 Å². The van der Waals surface area contributed by atoms with Crippen LogP contribution in [-0.2, 0) is 4.79 Å². The average molecular weight is 372 g/mol. The normalized spacial score (nSPS) is 11.9. The molecule has 1 N–H and O–H groups in total. The molecule has 0 spiro atoms. The summed E-state index contributed by atoms with van der Waals surface area (Å²) in [6.45, 7) is 0. The van der Waals surface area contributed by atoms with E-state index in [1.54, 1.807) is 42.5 Å². The lowest BCUT2D eigenvalue weighted by molar-refractivity contribution is -0.145. The van der Waals surface area contributed by atoms with Crippen LogP contribution in [0.15, 0.2) is 94.3 Å². The molecule has 1 unspecified atom stereocenters. The van der Waals surface area contributed by atoms with Crippen LogP contribution in [0.3, 0.4) is 0 Å². The molecule has 0 radical (unpaired) electrons. The number of ether oxygens (including phenoxy) is 1. The van der Waals surface area contributed by atoms with Gasteiger partial charge >= 0.3 is 5.97 Å². The van der Waals surface area contributed by atoms with Crippen molar-refractivity contribution >= 4 is 16.9 Å². The zero-order chi connectivity index (χ0) is 19.5. The minimum atomic E-state index is -1.16. The van der Waals surface area contributed by atoms with Crippen LogP contribution in [0.5, 0.6) is 5.75 Å². The number of carbonyl (C=O) groups is 1. The summed E-state index contributed by atoms with van der Waals surface area (Å²) in [5.41, 5.74) is 1.94. The van der Waals surface area contributed by atoms with Gasteiger partial charge in [-0.25, -0.2) is 4.79 Å². The number of aliphatic carboxylic acids is 1. The van der Waals surface area contributed by atoms with Gasteiger partial charge < -0.3 is 14.3 Å². The largest absolute Gasteiger partial charge is 0.478 e. The van der Waals surface area contributed by atoms with Crippen molar-refractivity contribution in [1.29, 1.82) is 0 Å². The zero-order valence-corrected chi connectivity index (χ0v) is 14.7. The molecule has 1 aromatic heterocycles. The minimum absolute atomic E-state index is 0.156. The molecule has 0 fully saturated rings. The van der Waals surface area contributed by atoms with E-state index in [2.05, 4.69) is 0 Å². The molecular formula is C23H16O5. The second-order valence-corrected chi connectivity index (χ2v) is 6.25. The van der Waals surface area contributed by atoms with Gasteiger partial charge in [-0.2, -0.15) is 0 Å². The van der Waals surface area contributed by atoms with Crippen molar-refractivity contribution in [3.05, 3.63) is 101 Å². The van der Waals surface area contributed by atoms with Crippen LogP contribution in [0.2, 0.25) is 0 Å². The molecule has 3 aromatic carbocycles. The first kappa shape index (κ1) is 17.5. The Bertz CT molecular complexity index is 1180. The molecule has 0 aliphatic carbocycles. The van der Waals surface area contributed by atoms with Crippen molar-refractivity contribution < 1.29 is 19.1 Å². The summed E-state index contributed by atoms with van der Waals surface area (Å²) in [5, 5.41) is 9.91. The Balaban J connectivity index is 1.70. The summed E-state index contributed by atoms with van der Waals surface area (Å²) in [5.74, 6) is -0.800. The van der Waals surface area contributed by atoms with E-state index < -0.39 is 12.1 Å². The van der Waals surface area contributed by atoms with E-state index >= 15 is 0 Å². The molecule has 1 atom stereocenters. The molecule has 0 amide bonds. The lowest BCUT2D eigenvalue weighted by Crippen LogP contribution is -2.18. The number of carboxylic acid groups (broad SMARTS) is 1. The number of hydrogen-bond acceptors (Lipinski definition) is 4. The van der Waals surface area contributed by atoms with Crippen molar-refractivity contribution in [2.45, 2.75) is 6.10 Å². The Morgan fingerprint density at radius 2 is 1.61 bits per heavy atom. The quantitative estimate of drug-likeness (QED) is 0.551. The maximum atomic E-state index is 12.8.